The normalized spacial score (nSPS) is 15.4. The highest BCUT2D eigenvalue weighted by Crippen LogP contribution is 2.35. The van der Waals surface area contributed by atoms with Gasteiger partial charge < -0.3 is 9.64 Å². The van der Waals surface area contributed by atoms with Gasteiger partial charge in [0.2, 0.25) is 0 Å². The molecular formula is C19H24N6O2. The van der Waals surface area contributed by atoms with E-state index in [1.54, 1.807) is 10.9 Å². The molecule has 8 heteroatoms. The second-order valence-corrected chi connectivity index (χ2v) is 6.85. The van der Waals surface area contributed by atoms with Crippen molar-refractivity contribution in [2.24, 2.45) is 7.05 Å². The van der Waals surface area contributed by atoms with Crippen LogP contribution >= 0.6 is 0 Å². The molecule has 3 aromatic rings. The van der Waals surface area contributed by atoms with E-state index in [4.69, 9.17) is 4.74 Å². The van der Waals surface area contributed by atoms with Crippen molar-refractivity contribution in [1.29, 1.82) is 0 Å². The Morgan fingerprint density at radius 3 is 2.78 bits per heavy atom. The fourth-order valence-corrected chi connectivity index (χ4v) is 3.93. The number of pyridine rings is 1. The summed E-state index contributed by atoms with van der Waals surface area (Å²) in [4.78, 5) is 19.3. The van der Waals surface area contributed by atoms with Crippen LogP contribution in [0.25, 0.3) is 11.0 Å². The van der Waals surface area contributed by atoms with Gasteiger partial charge in [-0.05, 0) is 32.8 Å². The molecule has 0 atom stereocenters. The number of piperidine rings is 1. The first kappa shape index (κ1) is 17.5. The van der Waals surface area contributed by atoms with E-state index in [0.29, 0.717) is 18.2 Å². The van der Waals surface area contributed by atoms with Gasteiger partial charge in [0.15, 0.2) is 5.65 Å². The number of ether oxygens (including phenoxy) is 1. The Labute approximate surface area is 157 Å². The van der Waals surface area contributed by atoms with E-state index in [9.17, 15) is 4.79 Å². The predicted molar refractivity (Wildman–Crippen MR) is 102 cm³/mol. The summed E-state index contributed by atoms with van der Waals surface area (Å²) in [6.45, 7) is 5.78. The van der Waals surface area contributed by atoms with E-state index < -0.39 is 0 Å². The molecule has 4 heterocycles. The minimum absolute atomic E-state index is 0.334. The Balaban J connectivity index is 1.73. The molecule has 0 bridgehead atoms. The Morgan fingerprint density at radius 2 is 2.11 bits per heavy atom. The number of anilines is 1. The Hall–Kier alpha value is -2.90. The predicted octanol–water partition coefficient (Wildman–Crippen LogP) is 2.49. The first-order valence-corrected chi connectivity index (χ1v) is 9.33. The van der Waals surface area contributed by atoms with Crippen molar-refractivity contribution < 1.29 is 9.53 Å². The molecule has 0 saturated carbocycles. The van der Waals surface area contributed by atoms with Crippen LogP contribution in [0.3, 0.4) is 0 Å². The van der Waals surface area contributed by atoms with Crippen LogP contribution in [0.5, 0.6) is 0 Å². The van der Waals surface area contributed by atoms with Crippen LogP contribution in [0.1, 0.15) is 41.9 Å². The number of aryl methyl sites for hydroxylation is 2. The van der Waals surface area contributed by atoms with Gasteiger partial charge in [-0.25, -0.2) is 9.78 Å². The molecule has 1 fully saturated rings. The number of hydrogen-bond acceptors (Lipinski definition) is 6. The van der Waals surface area contributed by atoms with Gasteiger partial charge in [-0.15, -0.1) is 0 Å². The van der Waals surface area contributed by atoms with E-state index in [0.717, 1.165) is 48.3 Å². The van der Waals surface area contributed by atoms with Crippen molar-refractivity contribution in [2.75, 3.05) is 24.6 Å². The number of carbonyl (C=O) groups is 1. The monoisotopic (exact) mass is 368 g/mol. The fraction of sp³-hybridized carbons (Fsp3) is 0.474. The molecule has 1 aliphatic heterocycles. The van der Waals surface area contributed by atoms with Crippen molar-refractivity contribution in [1.82, 2.24) is 24.5 Å². The highest BCUT2D eigenvalue weighted by atomic mass is 16.5. The number of fused-ring (bicyclic) bond motifs is 1. The lowest BCUT2D eigenvalue weighted by Gasteiger charge is -2.34. The van der Waals surface area contributed by atoms with Crippen LogP contribution in [-0.2, 0) is 11.8 Å². The Bertz CT molecular complexity index is 954. The molecule has 3 aromatic heterocycles. The van der Waals surface area contributed by atoms with Gasteiger partial charge in [0, 0.05) is 38.7 Å². The van der Waals surface area contributed by atoms with E-state index in [-0.39, 0.29) is 5.97 Å². The van der Waals surface area contributed by atoms with Gasteiger partial charge in [0.1, 0.15) is 5.56 Å². The summed E-state index contributed by atoms with van der Waals surface area (Å²) in [6, 6.07) is 2.34. The minimum Gasteiger partial charge on any atom is -0.462 e. The third-order valence-electron chi connectivity index (χ3n) is 5.17. The zero-order valence-corrected chi connectivity index (χ0v) is 15.9. The minimum atomic E-state index is -0.334. The largest absolute Gasteiger partial charge is 0.462 e. The quantitative estimate of drug-likeness (QED) is 0.659. The smallest absolute Gasteiger partial charge is 0.341 e. The first-order valence-electron chi connectivity index (χ1n) is 9.33. The van der Waals surface area contributed by atoms with Crippen LogP contribution in [0.15, 0.2) is 24.7 Å². The van der Waals surface area contributed by atoms with E-state index in [2.05, 4.69) is 20.1 Å². The maximum absolute atomic E-state index is 12.6. The summed E-state index contributed by atoms with van der Waals surface area (Å²) in [5.41, 5.74) is 3.06. The number of esters is 1. The fourth-order valence-electron chi connectivity index (χ4n) is 3.93. The van der Waals surface area contributed by atoms with Gasteiger partial charge in [-0.2, -0.15) is 10.2 Å². The standard InChI is InChI=1S/C19H24N6O2/c1-4-27-19(26)15-12-20-18-16(13(2)22-23(18)3)17(15)24-10-6-14(7-11-24)25-9-5-8-21-25/h5,8-9,12,14H,4,6-7,10-11H2,1-3H3. The van der Waals surface area contributed by atoms with Crippen molar-refractivity contribution >= 4 is 22.7 Å². The maximum Gasteiger partial charge on any atom is 0.341 e. The Morgan fingerprint density at radius 1 is 1.33 bits per heavy atom. The second kappa shape index (κ2) is 7.02. The molecule has 0 N–H and O–H groups in total. The Kier molecular flexibility index (Phi) is 4.55. The molecule has 27 heavy (non-hydrogen) atoms. The van der Waals surface area contributed by atoms with Crippen molar-refractivity contribution in [3.8, 4) is 0 Å². The molecule has 0 spiro atoms. The van der Waals surface area contributed by atoms with E-state index in [1.165, 1.54) is 0 Å². The molecule has 0 radical (unpaired) electrons. The average molecular weight is 368 g/mol. The van der Waals surface area contributed by atoms with Crippen LogP contribution in [0.4, 0.5) is 5.69 Å². The lowest BCUT2D eigenvalue weighted by molar-refractivity contribution is 0.0526. The number of nitrogens with zero attached hydrogens (tertiary/aromatic N) is 6. The first-order chi connectivity index (χ1) is 13.1. The molecule has 1 aliphatic rings. The lowest BCUT2D eigenvalue weighted by Crippen LogP contribution is -2.36. The summed E-state index contributed by atoms with van der Waals surface area (Å²) in [7, 11) is 1.88. The van der Waals surface area contributed by atoms with E-state index >= 15 is 0 Å². The average Bonchev–Trinajstić information content (AvgIpc) is 3.30. The highest BCUT2D eigenvalue weighted by molar-refractivity contribution is 6.05. The molecule has 0 aromatic carbocycles. The molecule has 0 amide bonds. The van der Waals surface area contributed by atoms with Gasteiger partial charge in [0.25, 0.3) is 0 Å². The number of carbonyl (C=O) groups excluding carboxylic acids is 1. The molecule has 0 unspecified atom stereocenters. The van der Waals surface area contributed by atoms with Crippen LogP contribution in [0, 0.1) is 6.92 Å². The molecule has 0 aliphatic carbocycles. The van der Waals surface area contributed by atoms with Gasteiger partial charge >= 0.3 is 5.97 Å². The SMILES string of the molecule is CCOC(=O)c1cnc2c(c(C)nn2C)c1N1CCC(n2cccn2)CC1. The molecular weight excluding hydrogens is 344 g/mol. The summed E-state index contributed by atoms with van der Waals surface area (Å²) in [6.07, 6.45) is 7.38. The van der Waals surface area contributed by atoms with Crippen LogP contribution in [0.2, 0.25) is 0 Å². The topological polar surface area (TPSA) is 78.1 Å². The molecule has 4 rings (SSSR count). The van der Waals surface area contributed by atoms with Gasteiger partial charge in [0.05, 0.1) is 29.4 Å². The number of aromatic nitrogens is 5. The zero-order chi connectivity index (χ0) is 19.0. The number of rotatable bonds is 4. The third kappa shape index (κ3) is 3.05. The number of hydrogen-bond donors (Lipinski definition) is 0. The molecule has 1 saturated heterocycles. The zero-order valence-electron chi connectivity index (χ0n) is 15.9. The van der Waals surface area contributed by atoms with E-state index in [1.807, 2.05) is 44.0 Å². The van der Waals surface area contributed by atoms with Crippen molar-refractivity contribution in [3.63, 3.8) is 0 Å². The van der Waals surface area contributed by atoms with Gasteiger partial charge in [-0.1, -0.05) is 0 Å². The van der Waals surface area contributed by atoms with Crippen molar-refractivity contribution in [2.45, 2.75) is 32.7 Å². The molecule has 8 nitrogen and oxygen atoms in total. The summed E-state index contributed by atoms with van der Waals surface area (Å²) in [5, 5.41) is 9.82. The second-order valence-electron chi connectivity index (χ2n) is 6.85. The lowest BCUT2D eigenvalue weighted by atomic mass is 10.0. The van der Waals surface area contributed by atoms with Crippen molar-refractivity contribution in [3.05, 3.63) is 35.9 Å². The summed E-state index contributed by atoms with van der Waals surface area (Å²) in [5.74, 6) is -0.334. The summed E-state index contributed by atoms with van der Waals surface area (Å²) >= 11 is 0. The summed E-state index contributed by atoms with van der Waals surface area (Å²) < 4.78 is 9.08. The van der Waals surface area contributed by atoms with Crippen LogP contribution < -0.4 is 4.90 Å². The highest BCUT2D eigenvalue weighted by Gasteiger charge is 2.28. The maximum atomic E-state index is 12.6. The molecule has 142 valence electrons. The third-order valence-corrected chi connectivity index (χ3v) is 5.17. The van der Waals surface area contributed by atoms with Crippen LogP contribution in [-0.4, -0.2) is 50.2 Å². The van der Waals surface area contributed by atoms with Gasteiger partial charge in [-0.3, -0.25) is 9.36 Å².